The summed E-state index contributed by atoms with van der Waals surface area (Å²) < 4.78 is 0.117. The molecule has 0 saturated heterocycles. The number of hydrogen-bond acceptors (Lipinski definition) is 3. The van der Waals surface area contributed by atoms with Crippen molar-refractivity contribution in [2.75, 3.05) is 0 Å². The van der Waals surface area contributed by atoms with Crippen LogP contribution in [0.3, 0.4) is 0 Å². The summed E-state index contributed by atoms with van der Waals surface area (Å²) in [4.78, 5) is 0. The van der Waals surface area contributed by atoms with E-state index in [0.717, 1.165) is 72.8 Å². The smallest absolute Gasteiger partial charge is 0.118 e. The third kappa shape index (κ3) is 3.96. The molecule has 1 unspecified atom stereocenters. The third-order valence-electron chi connectivity index (χ3n) is 6.91. The molecule has 0 aromatic heterocycles. The second kappa shape index (κ2) is 8.89. The largest absolute Gasteiger partial charge is 0.321 e. The number of rotatable bonds is 9. The molecule has 6 N–H and O–H groups in total. The average Bonchev–Trinajstić information content (AvgIpc) is 2.95. The number of hydrogen-bond donors (Lipinski definition) is 3. The predicted octanol–water partition coefficient (Wildman–Crippen LogP) is 6.38. The van der Waals surface area contributed by atoms with E-state index >= 15 is 0 Å². The maximum absolute atomic E-state index is 6.88. The lowest BCUT2D eigenvalue weighted by Gasteiger charge is -2.31. The van der Waals surface area contributed by atoms with Gasteiger partial charge < -0.3 is 17.2 Å². The summed E-state index contributed by atoms with van der Waals surface area (Å²) in [7, 11) is 0. The Kier molecular flexibility index (Phi) is 7.03. The van der Waals surface area contributed by atoms with Crippen molar-refractivity contribution < 1.29 is 0 Å². The second-order valence-corrected chi connectivity index (χ2v) is 11.2. The van der Waals surface area contributed by atoms with Gasteiger partial charge in [-0.3, -0.25) is 0 Å². The average molecular weight is 520 g/mol. The lowest BCUT2D eigenvalue weighted by molar-refractivity contribution is 0.368. The van der Waals surface area contributed by atoms with Crippen LogP contribution < -0.4 is 17.2 Å². The van der Waals surface area contributed by atoms with Gasteiger partial charge in [-0.2, -0.15) is 0 Å². The molecule has 4 heteroatoms. The van der Waals surface area contributed by atoms with Crippen LogP contribution in [0.5, 0.6) is 0 Å². The number of fused-ring (bicyclic) bond motifs is 3. The first-order valence-electron chi connectivity index (χ1n) is 11.5. The molecule has 0 heterocycles. The normalized spacial score (nSPS) is 16.8. The Bertz CT molecular complexity index is 899. The highest BCUT2D eigenvalue weighted by Crippen LogP contribution is 2.48. The molecule has 164 valence electrons. The zero-order valence-corrected chi connectivity index (χ0v) is 21.2. The maximum atomic E-state index is 6.88. The Labute approximate surface area is 196 Å². The fraction of sp³-hybridized carbons (Fsp3) is 0.538. The minimum absolute atomic E-state index is 0.117. The Morgan fingerprint density at radius 1 is 0.767 bits per heavy atom. The summed E-state index contributed by atoms with van der Waals surface area (Å²) in [5.74, 6) is 0. The quantitative estimate of drug-likeness (QED) is 0.204. The van der Waals surface area contributed by atoms with Gasteiger partial charge in [0.15, 0.2) is 0 Å². The van der Waals surface area contributed by atoms with Gasteiger partial charge >= 0.3 is 0 Å². The monoisotopic (exact) mass is 519 g/mol. The predicted molar refractivity (Wildman–Crippen MR) is 138 cm³/mol. The van der Waals surface area contributed by atoms with E-state index < -0.39 is 5.66 Å². The molecule has 1 aliphatic carbocycles. The Hall–Kier alpha value is -0.950. The van der Waals surface area contributed by atoms with E-state index in [4.69, 9.17) is 17.2 Å². The molecule has 3 rings (SSSR count). The summed E-state index contributed by atoms with van der Waals surface area (Å²) in [6.07, 6.45) is 7.42. The lowest BCUT2D eigenvalue weighted by atomic mass is 9.81. The first kappa shape index (κ1) is 23.7. The molecule has 0 amide bonds. The van der Waals surface area contributed by atoms with Crippen LogP contribution in [0.25, 0.3) is 11.1 Å². The van der Waals surface area contributed by atoms with Crippen LogP contribution in [-0.4, -0.2) is 0 Å². The van der Waals surface area contributed by atoms with Gasteiger partial charge in [0.05, 0.1) is 0 Å². The highest BCUT2D eigenvalue weighted by molar-refractivity contribution is 14.1. The number of nitrogens with two attached hydrogens (primary N) is 3. The zero-order valence-electron chi connectivity index (χ0n) is 19.0. The summed E-state index contributed by atoms with van der Waals surface area (Å²) in [5, 5.41) is 0. The molecule has 0 radical (unpaired) electrons. The molecule has 2 aromatic rings. The van der Waals surface area contributed by atoms with E-state index in [1.807, 2.05) is 0 Å². The molecule has 0 aliphatic heterocycles. The number of benzene rings is 2. The molecule has 0 bridgehead atoms. The SMILES string of the molecule is CCCC(N)(CCC)c1ccc2c(c1)C(N)(N)c1cc(C(I)(CC)CCC)ccc1-2. The zero-order chi connectivity index (χ0) is 22.2. The van der Waals surface area contributed by atoms with Gasteiger partial charge in [-0.25, -0.2) is 0 Å². The van der Waals surface area contributed by atoms with Crippen molar-refractivity contribution in [3.8, 4) is 11.1 Å². The second-order valence-electron chi connectivity index (χ2n) is 9.11. The first-order valence-corrected chi connectivity index (χ1v) is 12.6. The van der Waals surface area contributed by atoms with Crippen LogP contribution in [-0.2, 0) is 14.6 Å². The van der Waals surface area contributed by atoms with Gasteiger partial charge in [-0.15, -0.1) is 0 Å². The molecule has 3 nitrogen and oxygen atoms in total. The fourth-order valence-corrected chi connectivity index (χ4v) is 6.08. The van der Waals surface area contributed by atoms with Crippen LogP contribution in [0.1, 0.15) is 94.9 Å². The van der Waals surface area contributed by atoms with Crippen molar-refractivity contribution in [1.29, 1.82) is 0 Å². The molecular formula is C26H38IN3. The number of halogens is 1. The highest BCUT2D eigenvalue weighted by Gasteiger charge is 2.40. The van der Waals surface area contributed by atoms with Gasteiger partial charge in [0.2, 0.25) is 0 Å². The van der Waals surface area contributed by atoms with Crippen molar-refractivity contribution in [1.82, 2.24) is 0 Å². The van der Waals surface area contributed by atoms with E-state index in [-0.39, 0.29) is 8.96 Å². The molecule has 0 spiro atoms. The highest BCUT2D eigenvalue weighted by atomic mass is 127. The van der Waals surface area contributed by atoms with Gasteiger partial charge in [-0.05, 0) is 65.1 Å². The van der Waals surface area contributed by atoms with Gasteiger partial charge in [-0.1, -0.05) is 99.9 Å². The summed E-state index contributed by atoms with van der Waals surface area (Å²) >= 11 is 2.62. The molecular weight excluding hydrogens is 481 g/mol. The Morgan fingerprint density at radius 3 is 1.70 bits per heavy atom. The Balaban J connectivity index is 2.10. The maximum Gasteiger partial charge on any atom is 0.118 e. The van der Waals surface area contributed by atoms with E-state index in [1.54, 1.807) is 0 Å². The standard InChI is InChI=1S/C26H38IN3/c1-5-13-24(27,8-4)18-9-11-20-21-12-10-19(25(28,14-6-2)15-7-3)17-23(21)26(29,30)22(20)16-18/h9-12,16-17H,5-8,13-15,28-30H2,1-4H3. The van der Waals surface area contributed by atoms with E-state index in [1.165, 1.54) is 5.56 Å². The molecule has 1 aliphatic rings. The van der Waals surface area contributed by atoms with Crippen LogP contribution in [0.2, 0.25) is 0 Å². The van der Waals surface area contributed by atoms with Crippen molar-refractivity contribution in [2.45, 2.75) is 87.3 Å². The van der Waals surface area contributed by atoms with Crippen molar-refractivity contribution >= 4 is 22.6 Å². The van der Waals surface area contributed by atoms with Gasteiger partial charge in [0.1, 0.15) is 5.66 Å². The van der Waals surface area contributed by atoms with Gasteiger partial charge in [0.25, 0.3) is 0 Å². The molecule has 0 saturated carbocycles. The third-order valence-corrected chi connectivity index (χ3v) is 8.84. The molecule has 1 atom stereocenters. The minimum Gasteiger partial charge on any atom is -0.321 e. The first-order chi connectivity index (χ1) is 14.2. The van der Waals surface area contributed by atoms with E-state index in [9.17, 15) is 0 Å². The molecule has 0 fully saturated rings. The van der Waals surface area contributed by atoms with Gasteiger partial charge in [0, 0.05) is 8.96 Å². The van der Waals surface area contributed by atoms with E-state index in [2.05, 4.69) is 86.7 Å². The molecule has 2 aromatic carbocycles. The summed E-state index contributed by atoms with van der Waals surface area (Å²) in [5.41, 5.74) is 26.0. The topological polar surface area (TPSA) is 78.1 Å². The van der Waals surface area contributed by atoms with Crippen LogP contribution in [0.15, 0.2) is 36.4 Å². The van der Waals surface area contributed by atoms with Crippen LogP contribution in [0.4, 0.5) is 0 Å². The van der Waals surface area contributed by atoms with Crippen molar-refractivity contribution in [3.63, 3.8) is 0 Å². The summed E-state index contributed by atoms with van der Waals surface area (Å²) in [6, 6.07) is 13.3. The Morgan fingerprint density at radius 2 is 1.23 bits per heavy atom. The van der Waals surface area contributed by atoms with Crippen molar-refractivity contribution in [2.24, 2.45) is 17.2 Å². The van der Waals surface area contributed by atoms with Crippen LogP contribution >= 0.6 is 22.6 Å². The number of alkyl halides is 1. The lowest BCUT2D eigenvalue weighted by Crippen LogP contribution is -2.46. The fourth-order valence-electron chi connectivity index (χ4n) is 5.20. The molecule has 30 heavy (non-hydrogen) atoms. The van der Waals surface area contributed by atoms with Crippen molar-refractivity contribution in [3.05, 3.63) is 58.7 Å². The minimum atomic E-state index is -0.993. The summed E-state index contributed by atoms with van der Waals surface area (Å²) in [6.45, 7) is 8.89. The van der Waals surface area contributed by atoms with Crippen LogP contribution in [0, 0.1) is 0 Å². The van der Waals surface area contributed by atoms with E-state index in [0.29, 0.717) is 0 Å².